The lowest BCUT2D eigenvalue weighted by Crippen LogP contribution is -2.39. The van der Waals surface area contributed by atoms with E-state index in [1.807, 2.05) is 24.3 Å². The van der Waals surface area contributed by atoms with E-state index >= 15 is 0 Å². The van der Waals surface area contributed by atoms with E-state index in [0.29, 0.717) is 12.2 Å². The van der Waals surface area contributed by atoms with Crippen LogP contribution in [0.2, 0.25) is 0 Å². The smallest absolute Gasteiger partial charge is 0.159 e. The topological polar surface area (TPSA) is 29.5 Å². The molecule has 2 unspecified atom stereocenters. The van der Waals surface area contributed by atoms with Crippen LogP contribution in [0.4, 0.5) is 0 Å². The highest BCUT2D eigenvalue weighted by Gasteiger charge is 2.20. The van der Waals surface area contributed by atoms with Gasteiger partial charge in [0, 0.05) is 25.2 Å². The largest absolute Gasteiger partial charge is 0.494 e. The Hall–Kier alpha value is -1.35. The maximum Gasteiger partial charge on any atom is 0.159 e. The fraction of sp³-hybridized carbons (Fsp3) is 0.611. The number of carbonyl (C=O) groups excluding carboxylic acids is 1. The van der Waals surface area contributed by atoms with E-state index in [4.69, 9.17) is 4.74 Å². The summed E-state index contributed by atoms with van der Waals surface area (Å²) in [6.07, 6.45) is 2.38. The molecule has 3 nitrogen and oxygen atoms in total. The number of benzene rings is 1. The summed E-state index contributed by atoms with van der Waals surface area (Å²) in [4.78, 5) is 13.9. The zero-order valence-electron chi connectivity index (χ0n) is 13.5. The zero-order valence-corrected chi connectivity index (χ0v) is 13.5. The Labute approximate surface area is 128 Å². The van der Waals surface area contributed by atoms with E-state index in [0.717, 1.165) is 30.6 Å². The quantitative estimate of drug-likeness (QED) is 0.591. The van der Waals surface area contributed by atoms with E-state index in [-0.39, 0.29) is 5.78 Å². The first-order valence-electron chi connectivity index (χ1n) is 8.00. The third-order valence-electron chi connectivity index (χ3n) is 4.07. The van der Waals surface area contributed by atoms with E-state index in [1.165, 1.54) is 19.5 Å². The number of hydrogen-bond donors (Lipinski definition) is 0. The molecule has 0 N–H and O–H groups in total. The second kappa shape index (κ2) is 7.60. The summed E-state index contributed by atoms with van der Waals surface area (Å²) < 4.78 is 5.76. The minimum Gasteiger partial charge on any atom is -0.494 e. The number of likely N-dealkylation sites (tertiary alicyclic amines) is 1. The summed E-state index contributed by atoms with van der Waals surface area (Å²) in [6, 6.07) is 7.44. The van der Waals surface area contributed by atoms with Gasteiger partial charge in [-0.05, 0) is 43.7 Å². The third kappa shape index (κ3) is 5.16. The molecular formula is C18H27NO2. The zero-order chi connectivity index (χ0) is 15.2. The van der Waals surface area contributed by atoms with Crippen molar-refractivity contribution in [3.8, 4) is 5.75 Å². The number of Topliss-reactive ketones (excluding diaryl/α,β-unsaturated/α-hetero) is 1. The second-order valence-corrected chi connectivity index (χ2v) is 6.49. The Morgan fingerprint density at radius 3 is 2.67 bits per heavy atom. The first-order valence-corrected chi connectivity index (χ1v) is 8.00. The molecule has 1 aromatic carbocycles. The summed E-state index contributed by atoms with van der Waals surface area (Å²) in [6.45, 7) is 10.5. The van der Waals surface area contributed by atoms with E-state index in [1.54, 1.807) is 6.92 Å². The van der Waals surface area contributed by atoms with Gasteiger partial charge in [-0.3, -0.25) is 4.79 Å². The van der Waals surface area contributed by atoms with Crippen molar-refractivity contribution in [2.75, 3.05) is 26.2 Å². The first-order chi connectivity index (χ1) is 10.0. The molecule has 0 aromatic heterocycles. The lowest BCUT2D eigenvalue weighted by molar-refractivity contribution is 0.101. The Balaban J connectivity index is 1.72. The molecule has 1 saturated heterocycles. The molecule has 116 valence electrons. The first kappa shape index (κ1) is 16.0. The van der Waals surface area contributed by atoms with Crippen LogP contribution in [0, 0.1) is 11.8 Å². The van der Waals surface area contributed by atoms with Gasteiger partial charge in [-0.2, -0.15) is 0 Å². The predicted molar refractivity (Wildman–Crippen MR) is 85.9 cm³/mol. The van der Waals surface area contributed by atoms with Gasteiger partial charge in [-0.15, -0.1) is 0 Å². The summed E-state index contributed by atoms with van der Waals surface area (Å²) in [5.41, 5.74) is 0.714. The highest BCUT2D eigenvalue weighted by Crippen LogP contribution is 2.21. The molecule has 1 aromatic rings. The summed E-state index contributed by atoms with van der Waals surface area (Å²) >= 11 is 0. The number of piperidine rings is 1. The number of nitrogens with zero attached hydrogens (tertiary/aromatic N) is 1. The molecule has 1 fully saturated rings. The average molecular weight is 289 g/mol. The lowest BCUT2D eigenvalue weighted by Gasteiger charge is -2.34. The second-order valence-electron chi connectivity index (χ2n) is 6.49. The monoisotopic (exact) mass is 289 g/mol. The van der Waals surface area contributed by atoms with Crippen LogP contribution < -0.4 is 4.74 Å². The van der Waals surface area contributed by atoms with Gasteiger partial charge in [0.25, 0.3) is 0 Å². The molecule has 0 amide bonds. The molecule has 21 heavy (non-hydrogen) atoms. The van der Waals surface area contributed by atoms with Gasteiger partial charge in [0.15, 0.2) is 5.78 Å². The maximum atomic E-state index is 11.3. The minimum atomic E-state index is 0.0803. The van der Waals surface area contributed by atoms with Crippen molar-refractivity contribution >= 4 is 5.78 Å². The van der Waals surface area contributed by atoms with E-state index in [9.17, 15) is 4.79 Å². The molecule has 1 aliphatic rings. The Kier molecular flexibility index (Phi) is 5.80. The molecule has 2 rings (SSSR count). The van der Waals surface area contributed by atoms with Gasteiger partial charge in [0.1, 0.15) is 5.75 Å². The predicted octanol–water partition coefficient (Wildman–Crippen LogP) is 3.64. The SMILES string of the molecule is CC(=O)c1cccc(OCCCN2CC(C)CC(C)C2)c1. The molecule has 3 heteroatoms. The number of carbonyl (C=O) groups is 1. The molecule has 0 saturated carbocycles. The molecule has 1 aliphatic heterocycles. The molecule has 0 aliphatic carbocycles. The average Bonchev–Trinajstić information content (AvgIpc) is 2.43. The fourth-order valence-corrected chi connectivity index (χ4v) is 3.26. The van der Waals surface area contributed by atoms with Crippen molar-refractivity contribution < 1.29 is 9.53 Å². The van der Waals surface area contributed by atoms with Gasteiger partial charge in [0.2, 0.25) is 0 Å². The van der Waals surface area contributed by atoms with Crippen molar-refractivity contribution in [3.63, 3.8) is 0 Å². The van der Waals surface area contributed by atoms with Crippen molar-refractivity contribution in [1.29, 1.82) is 0 Å². The third-order valence-corrected chi connectivity index (χ3v) is 4.07. The molecule has 1 heterocycles. The number of ketones is 1. The highest BCUT2D eigenvalue weighted by molar-refractivity contribution is 5.94. The van der Waals surface area contributed by atoms with E-state index in [2.05, 4.69) is 18.7 Å². The minimum absolute atomic E-state index is 0.0803. The van der Waals surface area contributed by atoms with Crippen LogP contribution in [0.1, 0.15) is 44.0 Å². The highest BCUT2D eigenvalue weighted by atomic mass is 16.5. The van der Waals surface area contributed by atoms with Crippen molar-refractivity contribution in [2.24, 2.45) is 11.8 Å². The number of rotatable bonds is 6. The van der Waals surface area contributed by atoms with Crippen LogP contribution in [-0.4, -0.2) is 36.9 Å². The van der Waals surface area contributed by atoms with Gasteiger partial charge in [0.05, 0.1) is 6.61 Å². The number of ether oxygens (including phenoxy) is 1. The van der Waals surface area contributed by atoms with Gasteiger partial charge in [-0.1, -0.05) is 26.0 Å². The lowest BCUT2D eigenvalue weighted by atomic mass is 9.92. The molecule has 0 radical (unpaired) electrons. The standard InChI is InChI=1S/C18H27NO2/c1-14-10-15(2)13-19(12-14)8-5-9-21-18-7-4-6-17(11-18)16(3)20/h4,6-7,11,14-15H,5,8-10,12-13H2,1-3H3. The Morgan fingerprint density at radius 2 is 2.00 bits per heavy atom. The van der Waals surface area contributed by atoms with E-state index < -0.39 is 0 Å². The summed E-state index contributed by atoms with van der Waals surface area (Å²) in [7, 11) is 0. The molecule has 0 bridgehead atoms. The molecule has 2 atom stereocenters. The van der Waals surface area contributed by atoms with Crippen LogP contribution in [0.5, 0.6) is 5.75 Å². The number of hydrogen-bond acceptors (Lipinski definition) is 3. The van der Waals surface area contributed by atoms with Crippen molar-refractivity contribution in [2.45, 2.75) is 33.6 Å². The molecular weight excluding hydrogens is 262 g/mol. The van der Waals surface area contributed by atoms with Crippen LogP contribution in [0.3, 0.4) is 0 Å². The molecule has 0 spiro atoms. The van der Waals surface area contributed by atoms with Crippen molar-refractivity contribution in [3.05, 3.63) is 29.8 Å². The van der Waals surface area contributed by atoms with Crippen LogP contribution >= 0.6 is 0 Å². The Bertz CT molecular complexity index is 462. The normalized spacial score (nSPS) is 23.0. The van der Waals surface area contributed by atoms with Crippen LogP contribution in [0.15, 0.2) is 24.3 Å². The Morgan fingerprint density at radius 1 is 1.29 bits per heavy atom. The van der Waals surface area contributed by atoms with Crippen LogP contribution in [-0.2, 0) is 0 Å². The maximum absolute atomic E-state index is 11.3. The van der Waals surface area contributed by atoms with Gasteiger partial charge in [-0.25, -0.2) is 0 Å². The van der Waals surface area contributed by atoms with Crippen molar-refractivity contribution in [1.82, 2.24) is 4.90 Å². The summed E-state index contributed by atoms with van der Waals surface area (Å²) in [5, 5.41) is 0. The van der Waals surface area contributed by atoms with Crippen LogP contribution in [0.25, 0.3) is 0 Å². The summed E-state index contributed by atoms with van der Waals surface area (Å²) in [5.74, 6) is 2.49. The fourth-order valence-electron chi connectivity index (χ4n) is 3.26. The van der Waals surface area contributed by atoms with Gasteiger partial charge < -0.3 is 9.64 Å². The van der Waals surface area contributed by atoms with Gasteiger partial charge >= 0.3 is 0 Å².